The molecule has 1 aromatic carbocycles. The zero-order valence-corrected chi connectivity index (χ0v) is 15.2. The summed E-state index contributed by atoms with van der Waals surface area (Å²) in [4.78, 5) is 17.3. The largest absolute Gasteiger partial charge is 0.497 e. The molecule has 1 atom stereocenters. The molecule has 2 aromatic rings. The van der Waals surface area contributed by atoms with Gasteiger partial charge in [-0.2, -0.15) is 0 Å². The van der Waals surface area contributed by atoms with Gasteiger partial charge in [0.2, 0.25) is 5.76 Å². The number of aromatic nitrogens is 1. The lowest BCUT2D eigenvalue weighted by atomic mass is 10.0. The van der Waals surface area contributed by atoms with E-state index in [9.17, 15) is 4.79 Å². The van der Waals surface area contributed by atoms with Crippen LogP contribution in [0.3, 0.4) is 0 Å². The third kappa shape index (κ3) is 3.46. The molecule has 138 valence electrons. The van der Waals surface area contributed by atoms with Gasteiger partial charge in [0.1, 0.15) is 11.4 Å². The predicted molar refractivity (Wildman–Crippen MR) is 98.2 cm³/mol. The topological polar surface area (TPSA) is 58.8 Å². The number of piperidine rings is 1. The van der Waals surface area contributed by atoms with Crippen molar-refractivity contribution < 1.29 is 14.1 Å². The van der Waals surface area contributed by atoms with E-state index in [2.05, 4.69) is 10.1 Å². The second-order valence-electron chi connectivity index (χ2n) is 7.10. The van der Waals surface area contributed by atoms with Gasteiger partial charge in [0, 0.05) is 30.8 Å². The van der Waals surface area contributed by atoms with Crippen LogP contribution >= 0.6 is 0 Å². The van der Waals surface area contributed by atoms with Gasteiger partial charge >= 0.3 is 0 Å². The fourth-order valence-electron chi connectivity index (χ4n) is 3.97. The van der Waals surface area contributed by atoms with Crippen molar-refractivity contribution in [3.8, 4) is 17.0 Å². The Morgan fingerprint density at radius 2 is 1.92 bits per heavy atom. The number of benzene rings is 1. The molecule has 2 aliphatic heterocycles. The van der Waals surface area contributed by atoms with Crippen molar-refractivity contribution >= 4 is 5.91 Å². The molecule has 6 nitrogen and oxygen atoms in total. The van der Waals surface area contributed by atoms with E-state index in [1.807, 2.05) is 29.2 Å². The highest BCUT2D eigenvalue weighted by molar-refractivity contribution is 5.92. The van der Waals surface area contributed by atoms with Crippen LogP contribution in [0.15, 0.2) is 34.9 Å². The molecule has 0 bridgehead atoms. The summed E-state index contributed by atoms with van der Waals surface area (Å²) in [5.74, 6) is 1.05. The molecule has 0 aliphatic carbocycles. The van der Waals surface area contributed by atoms with Crippen LogP contribution in [0.2, 0.25) is 0 Å². The van der Waals surface area contributed by atoms with Gasteiger partial charge in [-0.3, -0.25) is 9.69 Å². The third-order valence-corrected chi connectivity index (χ3v) is 5.45. The van der Waals surface area contributed by atoms with Gasteiger partial charge in [0.25, 0.3) is 5.91 Å². The van der Waals surface area contributed by atoms with Crippen LogP contribution in [0, 0.1) is 0 Å². The standard InChI is InChI=1S/C20H25N3O3/c1-25-17-8-6-15(7-9-17)18-13-19(26-21-18)20(24)23-12-4-5-16(14-23)22-10-2-3-11-22/h6-9,13,16H,2-5,10-12,14H2,1H3/t16-/m1/s1. The minimum absolute atomic E-state index is 0.0545. The maximum absolute atomic E-state index is 12.9. The maximum atomic E-state index is 12.9. The molecule has 0 spiro atoms. The third-order valence-electron chi connectivity index (χ3n) is 5.45. The van der Waals surface area contributed by atoms with Crippen molar-refractivity contribution in [2.24, 2.45) is 0 Å². The average molecular weight is 355 g/mol. The minimum atomic E-state index is -0.0545. The molecule has 6 heteroatoms. The SMILES string of the molecule is COc1ccc(-c2cc(C(=O)N3CCC[C@@H](N4CCCC4)C3)on2)cc1. The number of ether oxygens (including phenoxy) is 1. The van der Waals surface area contributed by atoms with E-state index in [4.69, 9.17) is 9.26 Å². The highest BCUT2D eigenvalue weighted by Crippen LogP contribution is 2.25. The first-order valence-corrected chi connectivity index (χ1v) is 9.39. The number of rotatable bonds is 4. The molecule has 0 saturated carbocycles. The van der Waals surface area contributed by atoms with E-state index in [0.717, 1.165) is 43.9 Å². The fourth-order valence-corrected chi connectivity index (χ4v) is 3.97. The second kappa shape index (κ2) is 7.50. The number of carbonyl (C=O) groups excluding carboxylic acids is 1. The van der Waals surface area contributed by atoms with Crippen LogP contribution < -0.4 is 4.74 Å². The molecule has 0 radical (unpaired) electrons. The number of carbonyl (C=O) groups is 1. The molecule has 4 rings (SSSR count). The van der Waals surface area contributed by atoms with E-state index in [0.29, 0.717) is 17.5 Å². The Morgan fingerprint density at radius 1 is 1.15 bits per heavy atom. The Balaban J connectivity index is 1.45. The molecule has 2 saturated heterocycles. The van der Waals surface area contributed by atoms with Crippen LogP contribution in [0.1, 0.15) is 36.2 Å². The Morgan fingerprint density at radius 3 is 2.65 bits per heavy atom. The van der Waals surface area contributed by atoms with E-state index >= 15 is 0 Å². The van der Waals surface area contributed by atoms with E-state index < -0.39 is 0 Å². The van der Waals surface area contributed by atoms with Crippen molar-refractivity contribution in [3.63, 3.8) is 0 Å². The molecule has 3 heterocycles. The molecule has 2 aliphatic rings. The number of amides is 1. The van der Waals surface area contributed by atoms with Crippen LogP contribution in [-0.2, 0) is 0 Å². The maximum Gasteiger partial charge on any atom is 0.292 e. The predicted octanol–water partition coefficient (Wildman–Crippen LogP) is 3.05. The Kier molecular flexibility index (Phi) is 4.93. The van der Waals surface area contributed by atoms with E-state index in [-0.39, 0.29) is 5.91 Å². The lowest BCUT2D eigenvalue weighted by Crippen LogP contribution is -2.48. The van der Waals surface area contributed by atoms with Gasteiger partial charge in [-0.15, -0.1) is 0 Å². The van der Waals surface area contributed by atoms with Crippen molar-refractivity contribution in [1.82, 2.24) is 15.0 Å². The quantitative estimate of drug-likeness (QED) is 0.844. The summed E-state index contributed by atoms with van der Waals surface area (Å²) < 4.78 is 10.5. The molecule has 26 heavy (non-hydrogen) atoms. The lowest BCUT2D eigenvalue weighted by Gasteiger charge is -2.37. The summed E-state index contributed by atoms with van der Waals surface area (Å²) >= 11 is 0. The number of nitrogens with zero attached hydrogens (tertiary/aromatic N) is 3. The molecule has 0 N–H and O–H groups in total. The van der Waals surface area contributed by atoms with Gasteiger partial charge in [-0.1, -0.05) is 5.16 Å². The van der Waals surface area contributed by atoms with Gasteiger partial charge in [-0.25, -0.2) is 0 Å². The first kappa shape index (κ1) is 17.1. The monoisotopic (exact) mass is 355 g/mol. The fraction of sp³-hybridized carbons (Fsp3) is 0.500. The normalized spacial score (nSPS) is 21.1. The van der Waals surface area contributed by atoms with Gasteiger partial charge in [-0.05, 0) is 63.0 Å². The van der Waals surface area contributed by atoms with Gasteiger partial charge in [0.15, 0.2) is 0 Å². The lowest BCUT2D eigenvalue weighted by molar-refractivity contribution is 0.0569. The van der Waals surface area contributed by atoms with E-state index in [1.54, 1.807) is 13.2 Å². The molecular weight excluding hydrogens is 330 g/mol. The second-order valence-corrected chi connectivity index (χ2v) is 7.10. The number of hydrogen-bond acceptors (Lipinski definition) is 5. The Hall–Kier alpha value is -2.34. The van der Waals surface area contributed by atoms with Crippen LogP contribution in [0.4, 0.5) is 0 Å². The van der Waals surface area contributed by atoms with Crippen molar-refractivity contribution in [2.45, 2.75) is 31.7 Å². The summed E-state index contributed by atoms with van der Waals surface area (Å²) in [5, 5.41) is 4.08. The van der Waals surface area contributed by atoms with Crippen molar-refractivity contribution in [3.05, 3.63) is 36.1 Å². The van der Waals surface area contributed by atoms with Crippen LogP contribution in [0.25, 0.3) is 11.3 Å². The molecule has 1 aromatic heterocycles. The highest BCUT2D eigenvalue weighted by Gasteiger charge is 2.31. The Labute approximate surface area is 153 Å². The summed E-state index contributed by atoms with van der Waals surface area (Å²) in [6.45, 7) is 3.91. The Bertz CT molecular complexity index is 750. The highest BCUT2D eigenvalue weighted by atomic mass is 16.5. The zero-order valence-electron chi connectivity index (χ0n) is 15.2. The number of likely N-dealkylation sites (tertiary alicyclic amines) is 2. The first-order valence-electron chi connectivity index (χ1n) is 9.39. The summed E-state index contributed by atoms with van der Waals surface area (Å²) in [6, 6.07) is 9.79. The van der Waals surface area contributed by atoms with Gasteiger partial charge in [0.05, 0.1) is 7.11 Å². The van der Waals surface area contributed by atoms with Crippen LogP contribution in [-0.4, -0.2) is 60.2 Å². The number of hydrogen-bond donors (Lipinski definition) is 0. The number of methoxy groups -OCH3 is 1. The molecule has 1 amide bonds. The van der Waals surface area contributed by atoms with Crippen LogP contribution in [0.5, 0.6) is 5.75 Å². The average Bonchev–Trinajstić information content (AvgIpc) is 3.40. The smallest absolute Gasteiger partial charge is 0.292 e. The first-order chi connectivity index (χ1) is 12.7. The van der Waals surface area contributed by atoms with Crippen molar-refractivity contribution in [2.75, 3.05) is 33.3 Å². The van der Waals surface area contributed by atoms with Gasteiger partial charge < -0.3 is 14.2 Å². The molecule has 0 unspecified atom stereocenters. The van der Waals surface area contributed by atoms with E-state index in [1.165, 1.54) is 19.3 Å². The minimum Gasteiger partial charge on any atom is -0.497 e. The van der Waals surface area contributed by atoms with Crippen molar-refractivity contribution in [1.29, 1.82) is 0 Å². The molecular formula is C20H25N3O3. The molecule has 2 fully saturated rings. The summed E-state index contributed by atoms with van der Waals surface area (Å²) in [5.41, 5.74) is 1.58. The summed E-state index contributed by atoms with van der Waals surface area (Å²) in [7, 11) is 1.63. The zero-order chi connectivity index (χ0) is 17.9. The summed E-state index contributed by atoms with van der Waals surface area (Å²) in [6.07, 6.45) is 4.78.